The van der Waals surface area contributed by atoms with Crippen molar-refractivity contribution >= 4 is 0 Å². The molecule has 2 nitrogen and oxygen atoms in total. The molecule has 1 aromatic carbocycles. The zero-order chi connectivity index (χ0) is 17.7. The third-order valence-corrected chi connectivity index (χ3v) is 5.13. The molecule has 0 aliphatic rings. The van der Waals surface area contributed by atoms with Crippen molar-refractivity contribution in [3.05, 3.63) is 54.1 Å². The molecule has 0 fully saturated rings. The minimum atomic E-state index is 0.987. The van der Waals surface area contributed by atoms with Crippen molar-refractivity contribution in [1.82, 2.24) is 4.57 Å². The van der Waals surface area contributed by atoms with E-state index in [-0.39, 0.29) is 0 Å². The summed E-state index contributed by atoms with van der Waals surface area (Å²) in [7, 11) is 0. The van der Waals surface area contributed by atoms with Crippen molar-refractivity contribution in [3.63, 3.8) is 0 Å². The van der Waals surface area contributed by atoms with Gasteiger partial charge in [-0.05, 0) is 18.9 Å². The molecule has 0 atom stereocenters. The molecule has 1 heterocycles. The molecule has 2 aromatic rings. The Hall–Kier alpha value is -1.57. The van der Waals surface area contributed by atoms with Gasteiger partial charge >= 0.3 is 0 Å². The number of benzene rings is 1. The van der Waals surface area contributed by atoms with Crippen LogP contribution in [0.1, 0.15) is 83.0 Å². The van der Waals surface area contributed by atoms with Crippen LogP contribution in [0.3, 0.4) is 0 Å². The van der Waals surface area contributed by atoms with E-state index >= 15 is 0 Å². The van der Waals surface area contributed by atoms with E-state index < -0.39 is 0 Å². The summed E-state index contributed by atoms with van der Waals surface area (Å²) in [5.41, 5.74) is 1.38. The molecule has 0 aliphatic heterocycles. The smallest absolute Gasteiger partial charge is 0.235 e. The van der Waals surface area contributed by atoms with Gasteiger partial charge < -0.3 is 0 Å². The summed E-state index contributed by atoms with van der Waals surface area (Å²) in [5.74, 6) is 1.48. The Kier molecular flexibility index (Phi) is 9.40. The molecule has 0 aliphatic carbocycles. The highest BCUT2D eigenvalue weighted by Gasteiger charge is 2.15. The highest BCUT2D eigenvalue weighted by Crippen LogP contribution is 2.11. The van der Waals surface area contributed by atoms with E-state index in [9.17, 15) is 0 Å². The Morgan fingerprint density at radius 1 is 0.800 bits per heavy atom. The molecule has 0 amide bonds. The lowest BCUT2D eigenvalue weighted by atomic mass is 10.1. The lowest BCUT2D eigenvalue weighted by molar-refractivity contribution is -0.695. The number of imidazole rings is 1. The van der Waals surface area contributed by atoms with E-state index in [1.165, 1.54) is 75.6 Å². The summed E-state index contributed by atoms with van der Waals surface area (Å²) in [6.07, 6.45) is 18.2. The fourth-order valence-corrected chi connectivity index (χ4v) is 3.59. The van der Waals surface area contributed by atoms with Crippen LogP contribution in [-0.2, 0) is 19.5 Å². The number of aromatic nitrogens is 2. The van der Waals surface area contributed by atoms with Crippen LogP contribution in [0, 0.1) is 0 Å². The fraction of sp³-hybridized carbons (Fsp3) is 0.609. The first-order valence-electron chi connectivity index (χ1n) is 10.5. The topological polar surface area (TPSA) is 8.81 Å². The average molecular weight is 342 g/mol. The molecule has 0 saturated carbocycles. The van der Waals surface area contributed by atoms with Crippen LogP contribution >= 0.6 is 0 Å². The Morgan fingerprint density at radius 2 is 1.44 bits per heavy atom. The predicted octanol–water partition coefficient (Wildman–Crippen LogP) is 5.92. The normalized spacial score (nSPS) is 11.1. The number of hydrogen-bond acceptors (Lipinski definition) is 0. The van der Waals surface area contributed by atoms with Crippen LogP contribution < -0.4 is 4.57 Å². The van der Waals surface area contributed by atoms with E-state index in [4.69, 9.17) is 0 Å². The second kappa shape index (κ2) is 11.9. The Bertz CT molecular complexity index is 571. The van der Waals surface area contributed by atoms with Gasteiger partial charge in [0.2, 0.25) is 0 Å². The zero-order valence-corrected chi connectivity index (χ0v) is 16.4. The first kappa shape index (κ1) is 19.8. The number of unbranched alkanes of at least 4 members (excludes halogenated alkanes) is 8. The van der Waals surface area contributed by atoms with Crippen molar-refractivity contribution in [2.24, 2.45) is 0 Å². The minimum absolute atomic E-state index is 0.987. The molecule has 0 radical (unpaired) electrons. The third-order valence-electron chi connectivity index (χ3n) is 5.13. The first-order chi connectivity index (χ1) is 12.3. The van der Waals surface area contributed by atoms with Gasteiger partial charge in [0.1, 0.15) is 18.9 Å². The number of aryl methyl sites for hydroxylation is 1. The van der Waals surface area contributed by atoms with Gasteiger partial charge in [0.05, 0.1) is 6.54 Å². The highest BCUT2D eigenvalue weighted by atomic mass is 15.1. The Labute approximate surface area is 154 Å². The summed E-state index contributed by atoms with van der Waals surface area (Å²) in [6, 6.07) is 10.8. The van der Waals surface area contributed by atoms with Crippen molar-refractivity contribution in [1.29, 1.82) is 0 Å². The van der Waals surface area contributed by atoms with E-state index in [0.29, 0.717) is 0 Å². The van der Waals surface area contributed by atoms with Crippen molar-refractivity contribution in [2.45, 2.75) is 91.1 Å². The molecular formula is C23H37N2+. The molecule has 0 N–H and O–H groups in total. The van der Waals surface area contributed by atoms with E-state index in [1.807, 2.05) is 0 Å². The maximum Gasteiger partial charge on any atom is 0.256 e. The molecule has 25 heavy (non-hydrogen) atoms. The van der Waals surface area contributed by atoms with Gasteiger partial charge in [0.25, 0.3) is 5.82 Å². The van der Waals surface area contributed by atoms with Gasteiger partial charge in [-0.3, -0.25) is 0 Å². The van der Waals surface area contributed by atoms with Gasteiger partial charge in [-0.15, -0.1) is 0 Å². The molecule has 0 spiro atoms. The maximum absolute atomic E-state index is 2.43. The SMILES string of the molecule is CCCCCCCCCCCc1n(CC)cc[n+]1Cc1ccccc1. The standard InChI is InChI=1S/C23H37N2/c1-3-5-6-7-8-9-10-11-15-18-23-24(4-2)19-20-25(23)21-22-16-13-12-14-17-22/h12-14,16-17,19-20H,3-11,15,18,21H2,1-2H3/q+1. The molecular weight excluding hydrogens is 304 g/mol. The zero-order valence-electron chi connectivity index (χ0n) is 16.4. The summed E-state index contributed by atoms with van der Waals surface area (Å²) >= 11 is 0. The average Bonchev–Trinajstić information content (AvgIpc) is 3.03. The summed E-state index contributed by atoms with van der Waals surface area (Å²) in [5, 5.41) is 0. The van der Waals surface area contributed by atoms with Crippen LogP contribution in [0.5, 0.6) is 0 Å². The molecule has 0 saturated heterocycles. The Balaban J connectivity index is 1.74. The number of hydrogen-bond donors (Lipinski definition) is 0. The summed E-state index contributed by atoms with van der Waals surface area (Å²) in [6.45, 7) is 6.58. The van der Waals surface area contributed by atoms with Gasteiger partial charge in [-0.2, -0.15) is 0 Å². The van der Waals surface area contributed by atoms with Gasteiger partial charge in [0.15, 0.2) is 0 Å². The third kappa shape index (κ3) is 7.05. The number of rotatable bonds is 13. The highest BCUT2D eigenvalue weighted by molar-refractivity contribution is 5.13. The molecule has 138 valence electrons. The molecule has 1 aromatic heterocycles. The van der Waals surface area contributed by atoms with Crippen LogP contribution in [0.15, 0.2) is 42.7 Å². The van der Waals surface area contributed by atoms with Crippen LogP contribution in [-0.4, -0.2) is 4.57 Å². The van der Waals surface area contributed by atoms with Gasteiger partial charge in [-0.25, -0.2) is 9.13 Å². The number of nitrogens with zero attached hydrogens (tertiary/aromatic N) is 2. The van der Waals surface area contributed by atoms with E-state index in [2.05, 4.69) is 65.7 Å². The quantitative estimate of drug-likeness (QED) is 0.316. The lowest BCUT2D eigenvalue weighted by Crippen LogP contribution is -2.37. The van der Waals surface area contributed by atoms with Crippen LogP contribution in [0.2, 0.25) is 0 Å². The molecule has 2 rings (SSSR count). The van der Waals surface area contributed by atoms with Crippen molar-refractivity contribution in [2.75, 3.05) is 0 Å². The minimum Gasteiger partial charge on any atom is -0.235 e. The van der Waals surface area contributed by atoms with Gasteiger partial charge in [-0.1, -0.05) is 88.6 Å². The van der Waals surface area contributed by atoms with Crippen molar-refractivity contribution < 1.29 is 4.57 Å². The van der Waals surface area contributed by atoms with E-state index in [0.717, 1.165) is 13.1 Å². The second-order valence-corrected chi connectivity index (χ2v) is 7.19. The summed E-state index contributed by atoms with van der Waals surface area (Å²) < 4.78 is 4.84. The molecule has 0 bridgehead atoms. The second-order valence-electron chi connectivity index (χ2n) is 7.19. The van der Waals surface area contributed by atoms with Crippen LogP contribution in [0.25, 0.3) is 0 Å². The van der Waals surface area contributed by atoms with E-state index in [1.54, 1.807) is 0 Å². The fourth-order valence-electron chi connectivity index (χ4n) is 3.59. The first-order valence-corrected chi connectivity index (χ1v) is 10.5. The largest absolute Gasteiger partial charge is 0.256 e. The van der Waals surface area contributed by atoms with Crippen molar-refractivity contribution in [3.8, 4) is 0 Å². The molecule has 0 unspecified atom stereocenters. The lowest BCUT2D eigenvalue weighted by Gasteiger charge is -2.05. The van der Waals surface area contributed by atoms with Gasteiger partial charge in [0, 0.05) is 6.42 Å². The molecule has 2 heteroatoms. The summed E-state index contributed by atoms with van der Waals surface area (Å²) in [4.78, 5) is 0. The monoisotopic (exact) mass is 341 g/mol. The van der Waals surface area contributed by atoms with Crippen LogP contribution in [0.4, 0.5) is 0 Å². The maximum atomic E-state index is 2.43. The Morgan fingerprint density at radius 3 is 2.08 bits per heavy atom. The predicted molar refractivity (Wildman–Crippen MR) is 107 cm³/mol.